The van der Waals surface area contributed by atoms with Crippen LogP contribution in [0.3, 0.4) is 0 Å². The van der Waals surface area contributed by atoms with E-state index in [9.17, 15) is 4.79 Å². The highest BCUT2D eigenvalue weighted by atomic mass is 16.2. The number of nitrogens with zero attached hydrogens (tertiary/aromatic N) is 2. The summed E-state index contributed by atoms with van der Waals surface area (Å²) in [5.74, 6) is 0.217. The van der Waals surface area contributed by atoms with E-state index in [1.807, 2.05) is 4.90 Å². The second-order valence-electron chi connectivity index (χ2n) is 4.19. The lowest BCUT2D eigenvalue weighted by Crippen LogP contribution is -2.51. The molecule has 0 unspecified atom stereocenters. The molecule has 2 aliphatic rings. The van der Waals surface area contributed by atoms with E-state index in [1.165, 1.54) is 6.42 Å². The molecule has 0 radical (unpaired) electrons. The first-order valence-electron chi connectivity index (χ1n) is 5.47. The molecule has 1 atom stereocenters. The molecule has 0 bridgehead atoms. The fraction of sp³-hybridized carbons (Fsp3) is 0.900. The second kappa shape index (κ2) is 4.28. The van der Waals surface area contributed by atoms with Gasteiger partial charge in [-0.2, -0.15) is 0 Å². The molecule has 0 aromatic heterocycles. The van der Waals surface area contributed by atoms with Gasteiger partial charge in [-0.25, -0.2) is 0 Å². The summed E-state index contributed by atoms with van der Waals surface area (Å²) >= 11 is 0. The van der Waals surface area contributed by atoms with Crippen molar-refractivity contribution in [2.24, 2.45) is 0 Å². The summed E-state index contributed by atoms with van der Waals surface area (Å²) in [6.45, 7) is 7.85. The van der Waals surface area contributed by atoms with Crippen molar-refractivity contribution in [3.8, 4) is 0 Å². The average Bonchev–Trinajstić information content (AvgIpc) is 2.71. The Morgan fingerprint density at radius 2 is 2.00 bits per heavy atom. The predicted octanol–water partition coefficient (Wildman–Crippen LogP) is -0.488. The van der Waals surface area contributed by atoms with Gasteiger partial charge in [0.1, 0.15) is 0 Å². The fourth-order valence-corrected chi connectivity index (χ4v) is 2.35. The van der Waals surface area contributed by atoms with Crippen LogP contribution >= 0.6 is 0 Å². The third-order valence-corrected chi connectivity index (χ3v) is 3.31. The molecule has 80 valence electrons. The van der Waals surface area contributed by atoms with E-state index in [1.54, 1.807) is 6.92 Å². The summed E-state index contributed by atoms with van der Waals surface area (Å²) in [4.78, 5) is 15.6. The lowest BCUT2D eigenvalue weighted by Gasteiger charge is -2.37. The molecule has 0 aliphatic carbocycles. The number of hydrogen-bond donors (Lipinski definition) is 1. The molecule has 2 rings (SSSR count). The van der Waals surface area contributed by atoms with Crippen LogP contribution in [0.2, 0.25) is 0 Å². The largest absolute Gasteiger partial charge is 0.340 e. The van der Waals surface area contributed by atoms with Crippen LogP contribution in [-0.2, 0) is 4.79 Å². The first kappa shape index (κ1) is 9.93. The second-order valence-corrected chi connectivity index (χ2v) is 4.19. The molecule has 2 aliphatic heterocycles. The van der Waals surface area contributed by atoms with Crippen LogP contribution in [0.5, 0.6) is 0 Å². The molecule has 2 heterocycles. The van der Waals surface area contributed by atoms with Crippen LogP contribution in [0.15, 0.2) is 0 Å². The fourth-order valence-electron chi connectivity index (χ4n) is 2.35. The minimum absolute atomic E-state index is 0.217. The number of carbonyl (C=O) groups is 1. The summed E-state index contributed by atoms with van der Waals surface area (Å²) in [6.07, 6.45) is 1.26. The summed E-state index contributed by atoms with van der Waals surface area (Å²) in [5, 5.41) is 3.38. The molecule has 1 amide bonds. The molecule has 2 fully saturated rings. The first-order chi connectivity index (χ1) is 6.77. The zero-order valence-electron chi connectivity index (χ0n) is 8.83. The minimum Gasteiger partial charge on any atom is -0.340 e. The summed E-state index contributed by atoms with van der Waals surface area (Å²) in [6, 6.07) is 0.712. The maximum atomic E-state index is 11.1. The van der Waals surface area contributed by atoms with E-state index in [4.69, 9.17) is 0 Å². The summed E-state index contributed by atoms with van der Waals surface area (Å²) < 4.78 is 0. The third kappa shape index (κ3) is 2.07. The van der Waals surface area contributed by atoms with Crippen LogP contribution in [0.25, 0.3) is 0 Å². The number of amides is 1. The highest BCUT2D eigenvalue weighted by molar-refractivity contribution is 5.73. The van der Waals surface area contributed by atoms with Crippen LogP contribution in [-0.4, -0.2) is 61.0 Å². The number of carbonyl (C=O) groups excluding carboxylic acids is 1. The Morgan fingerprint density at radius 1 is 1.29 bits per heavy atom. The van der Waals surface area contributed by atoms with Gasteiger partial charge in [0.15, 0.2) is 0 Å². The molecular formula is C10H19N3O. The quantitative estimate of drug-likeness (QED) is 0.616. The number of nitrogens with one attached hydrogen (secondary N) is 1. The number of rotatable bonds is 1. The van der Waals surface area contributed by atoms with E-state index < -0.39 is 0 Å². The van der Waals surface area contributed by atoms with Crippen molar-refractivity contribution >= 4 is 5.91 Å². The molecule has 4 nitrogen and oxygen atoms in total. The van der Waals surface area contributed by atoms with Crippen LogP contribution in [0, 0.1) is 0 Å². The Bertz CT molecular complexity index is 205. The van der Waals surface area contributed by atoms with Crippen LogP contribution in [0.4, 0.5) is 0 Å². The molecule has 0 spiro atoms. The maximum absolute atomic E-state index is 11.1. The van der Waals surface area contributed by atoms with Crippen molar-refractivity contribution in [2.45, 2.75) is 19.4 Å². The Labute approximate surface area is 85.2 Å². The van der Waals surface area contributed by atoms with Crippen molar-refractivity contribution in [2.75, 3.05) is 39.3 Å². The molecule has 2 saturated heterocycles. The van der Waals surface area contributed by atoms with Crippen molar-refractivity contribution in [1.29, 1.82) is 0 Å². The van der Waals surface area contributed by atoms with E-state index in [0.29, 0.717) is 6.04 Å². The van der Waals surface area contributed by atoms with Gasteiger partial charge in [-0.05, 0) is 13.0 Å². The van der Waals surface area contributed by atoms with E-state index in [2.05, 4.69) is 10.2 Å². The zero-order chi connectivity index (χ0) is 9.97. The molecular weight excluding hydrogens is 178 g/mol. The predicted molar refractivity (Wildman–Crippen MR) is 55.1 cm³/mol. The Kier molecular flexibility index (Phi) is 3.03. The van der Waals surface area contributed by atoms with E-state index in [0.717, 1.165) is 39.3 Å². The number of piperazine rings is 1. The lowest BCUT2D eigenvalue weighted by atomic mass is 10.2. The van der Waals surface area contributed by atoms with Gasteiger partial charge in [-0.3, -0.25) is 9.69 Å². The lowest BCUT2D eigenvalue weighted by molar-refractivity contribution is -0.130. The smallest absolute Gasteiger partial charge is 0.219 e. The molecule has 0 saturated carbocycles. The van der Waals surface area contributed by atoms with Gasteiger partial charge >= 0.3 is 0 Å². The Hall–Kier alpha value is -0.610. The monoisotopic (exact) mass is 197 g/mol. The van der Waals surface area contributed by atoms with Crippen LogP contribution < -0.4 is 5.32 Å². The highest BCUT2D eigenvalue weighted by Crippen LogP contribution is 2.11. The van der Waals surface area contributed by atoms with Gasteiger partial charge < -0.3 is 10.2 Å². The Morgan fingerprint density at radius 3 is 2.50 bits per heavy atom. The molecule has 14 heavy (non-hydrogen) atoms. The zero-order valence-corrected chi connectivity index (χ0v) is 8.83. The van der Waals surface area contributed by atoms with Gasteiger partial charge in [0, 0.05) is 45.7 Å². The molecule has 0 aromatic carbocycles. The van der Waals surface area contributed by atoms with Crippen molar-refractivity contribution in [3.63, 3.8) is 0 Å². The Balaban J connectivity index is 1.80. The first-order valence-corrected chi connectivity index (χ1v) is 5.47. The SMILES string of the molecule is CC(=O)N1CCN([C@@H]2CCNC2)CC1. The molecule has 0 aromatic rings. The topological polar surface area (TPSA) is 35.6 Å². The number of hydrogen-bond acceptors (Lipinski definition) is 3. The normalized spacial score (nSPS) is 29.5. The van der Waals surface area contributed by atoms with Gasteiger partial charge in [-0.1, -0.05) is 0 Å². The molecule has 4 heteroatoms. The summed E-state index contributed by atoms with van der Waals surface area (Å²) in [5.41, 5.74) is 0. The standard InChI is InChI=1S/C10H19N3O/c1-9(14)12-4-6-13(7-5-12)10-2-3-11-8-10/h10-11H,2-8H2,1H3/t10-/m1/s1. The van der Waals surface area contributed by atoms with E-state index in [-0.39, 0.29) is 5.91 Å². The van der Waals surface area contributed by atoms with Gasteiger partial charge in [0.2, 0.25) is 5.91 Å². The van der Waals surface area contributed by atoms with Gasteiger partial charge in [0.05, 0.1) is 0 Å². The summed E-state index contributed by atoms with van der Waals surface area (Å²) in [7, 11) is 0. The maximum Gasteiger partial charge on any atom is 0.219 e. The average molecular weight is 197 g/mol. The van der Waals surface area contributed by atoms with E-state index >= 15 is 0 Å². The molecule has 1 N–H and O–H groups in total. The van der Waals surface area contributed by atoms with Gasteiger partial charge in [0.25, 0.3) is 0 Å². The van der Waals surface area contributed by atoms with Gasteiger partial charge in [-0.15, -0.1) is 0 Å². The van der Waals surface area contributed by atoms with Crippen molar-refractivity contribution < 1.29 is 4.79 Å². The van der Waals surface area contributed by atoms with Crippen LogP contribution in [0.1, 0.15) is 13.3 Å². The minimum atomic E-state index is 0.217. The van der Waals surface area contributed by atoms with Crippen molar-refractivity contribution in [3.05, 3.63) is 0 Å². The van der Waals surface area contributed by atoms with Crippen molar-refractivity contribution in [1.82, 2.24) is 15.1 Å². The third-order valence-electron chi connectivity index (χ3n) is 3.31. The highest BCUT2D eigenvalue weighted by Gasteiger charge is 2.26.